The first-order chi connectivity index (χ1) is 12.7. The summed E-state index contributed by atoms with van der Waals surface area (Å²) in [7, 11) is -3.39. The van der Waals surface area contributed by atoms with Crippen LogP contribution in [0.2, 0.25) is 5.02 Å². The van der Waals surface area contributed by atoms with E-state index in [1.54, 1.807) is 12.1 Å². The largest absolute Gasteiger partial charge is 0.368 e. The predicted octanol–water partition coefficient (Wildman–Crippen LogP) is 6.84. The molecular formula is C21H27ClNO3P. The Balaban J connectivity index is 1.90. The maximum Gasteiger partial charge on any atom is 0.357 e. The number of benzene rings is 2. The number of nitrogens with one attached hydrogen (secondary N) is 1. The van der Waals surface area contributed by atoms with Crippen molar-refractivity contribution in [2.24, 2.45) is 5.41 Å². The second kappa shape index (κ2) is 7.97. The molecule has 0 aromatic heterocycles. The molecule has 4 nitrogen and oxygen atoms in total. The maximum atomic E-state index is 13.5. The van der Waals surface area contributed by atoms with Crippen molar-refractivity contribution in [3.63, 3.8) is 0 Å². The Labute approximate surface area is 166 Å². The Kier molecular flexibility index (Phi) is 6.02. The van der Waals surface area contributed by atoms with Crippen LogP contribution in [0.4, 0.5) is 5.69 Å². The molecule has 3 rings (SSSR count). The summed E-state index contributed by atoms with van der Waals surface area (Å²) in [5, 5.41) is 3.99. The highest BCUT2D eigenvalue weighted by Crippen LogP contribution is 2.64. The molecule has 0 spiro atoms. The van der Waals surface area contributed by atoms with Gasteiger partial charge in [0.15, 0.2) is 5.78 Å². The molecule has 6 heteroatoms. The fraction of sp³-hybridized carbons (Fsp3) is 0.429. The van der Waals surface area contributed by atoms with Crippen molar-refractivity contribution in [1.82, 2.24) is 0 Å². The second-order valence-electron chi connectivity index (χ2n) is 8.13. The average Bonchev–Trinajstić information content (AvgIpc) is 2.64. The summed E-state index contributed by atoms with van der Waals surface area (Å²) < 4.78 is 25.1. The Bertz CT molecular complexity index is 804. The summed E-state index contributed by atoms with van der Waals surface area (Å²) >= 11 is 6.03. The van der Waals surface area contributed by atoms with E-state index in [2.05, 4.69) is 31.3 Å². The Morgan fingerprint density at radius 2 is 1.48 bits per heavy atom. The topological polar surface area (TPSA) is 47.6 Å². The summed E-state index contributed by atoms with van der Waals surface area (Å²) in [5.41, 5.74) is 2.78. The number of halogens is 1. The molecular weight excluding hydrogens is 381 g/mol. The van der Waals surface area contributed by atoms with E-state index in [0.29, 0.717) is 24.2 Å². The van der Waals surface area contributed by atoms with Gasteiger partial charge in [0.25, 0.3) is 0 Å². The molecule has 0 bridgehead atoms. The summed E-state index contributed by atoms with van der Waals surface area (Å²) in [6, 6.07) is 15.4. The first-order valence-electron chi connectivity index (χ1n) is 9.19. The highest BCUT2D eigenvalue weighted by atomic mass is 35.5. The standard InChI is InChI=1S/C21H27ClNO3P/c1-15(2)16-7-11-19(12-8-16)23-20(17-5-9-18(22)10-6-17)27(24)25-13-21(3,4)14-26-27/h5-12,15,20,23H,13-14H2,1-4H3/t20-/m0/s1. The van der Waals surface area contributed by atoms with Crippen LogP contribution in [-0.2, 0) is 13.6 Å². The molecule has 1 aliphatic heterocycles. The molecule has 0 aliphatic carbocycles. The van der Waals surface area contributed by atoms with E-state index < -0.39 is 13.4 Å². The van der Waals surface area contributed by atoms with Gasteiger partial charge in [0, 0.05) is 16.1 Å². The quantitative estimate of drug-likeness (QED) is 0.551. The average molecular weight is 408 g/mol. The minimum atomic E-state index is -3.39. The van der Waals surface area contributed by atoms with Crippen LogP contribution < -0.4 is 5.32 Å². The van der Waals surface area contributed by atoms with Gasteiger partial charge < -0.3 is 14.4 Å². The van der Waals surface area contributed by atoms with Crippen molar-refractivity contribution in [2.45, 2.75) is 39.4 Å². The lowest BCUT2D eigenvalue weighted by molar-refractivity contribution is 0.0387. The fourth-order valence-corrected chi connectivity index (χ4v) is 5.27. The molecule has 0 amide bonds. The Hall–Kier alpha value is -1.32. The van der Waals surface area contributed by atoms with Gasteiger partial charge in [-0.3, -0.25) is 4.57 Å². The molecule has 0 radical (unpaired) electrons. The first-order valence-corrected chi connectivity index (χ1v) is 11.2. The SMILES string of the molecule is CC(C)c1ccc(N[C@H](c2ccc(Cl)cc2)P2(=O)OCC(C)(C)CO2)cc1. The van der Waals surface area contributed by atoms with Crippen LogP contribution >= 0.6 is 19.2 Å². The van der Waals surface area contributed by atoms with E-state index in [1.807, 2.05) is 38.1 Å². The van der Waals surface area contributed by atoms with E-state index in [-0.39, 0.29) is 5.41 Å². The molecule has 0 saturated carbocycles. The molecule has 27 heavy (non-hydrogen) atoms. The zero-order chi connectivity index (χ0) is 19.7. The van der Waals surface area contributed by atoms with Gasteiger partial charge in [-0.25, -0.2) is 0 Å². The zero-order valence-corrected chi connectivity index (χ0v) is 17.9. The molecule has 2 aromatic rings. The van der Waals surface area contributed by atoms with Crippen molar-refractivity contribution in [1.29, 1.82) is 0 Å². The Morgan fingerprint density at radius 3 is 2.00 bits per heavy atom. The summed E-state index contributed by atoms with van der Waals surface area (Å²) in [6.45, 7) is 9.16. The minimum absolute atomic E-state index is 0.155. The van der Waals surface area contributed by atoms with Crippen LogP contribution in [0.25, 0.3) is 0 Å². The van der Waals surface area contributed by atoms with E-state index in [4.69, 9.17) is 20.6 Å². The first kappa shape index (κ1) is 20.4. The van der Waals surface area contributed by atoms with Crippen LogP contribution in [0.1, 0.15) is 50.5 Å². The highest BCUT2D eigenvalue weighted by molar-refractivity contribution is 7.54. The molecule has 2 aromatic carbocycles. The molecule has 146 valence electrons. The van der Waals surface area contributed by atoms with Crippen LogP contribution in [0.15, 0.2) is 48.5 Å². The zero-order valence-electron chi connectivity index (χ0n) is 16.2. The third-order valence-corrected chi connectivity index (χ3v) is 6.94. The minimum Gasteiger partial charge on any atom is -0.368 e. The third kappa shape index (κ3) is 4.94. The van der Waals surface area contributed by atoms with Gasteiger partial charge in [-0.05, 0) is 41.3 Å². The van der Waals surface area contributed by atoms with Crippen LogP contribution in [0.3, 0.4) is 0 Å². The lowest BCUT2D eigenvalue weighted by Gasteiger charge is -2.38. The smallest absolute Gasteiger partial charge is 0.357 e. The molecule has 1 fully saturated rings. The van der Waals surface area contributed by atoms with Gasteiger partial charge in [0.05, 0.1) is 13.2 Å². The van der Waals surface area contributed by atoms with Crippen molar-refractivity contribution >= 4 is 24.9 Å². The highest BCUT2D eigenvalue weighted by Gasteiger charge is 2.43. The molecule has 1 N–H and O–H groups in total. The van der Waals surface area contributed by atoms with E-state index >= 15 is 0 Å². The van der Waals surface area contributed by atoms with Gasteiger partial charge in [0.1, 0.15) is 0 Å². The molecule has 1 heterocycles. The normalized spacial score (nSPS) is 19.6. The summed E-state index contributed by atoms with van der Waals surface area (Å²) in [4.78, 5) is 0. The predicted molar refractivity (Wildman–Crippen MR) is 112 cm³/mol. The second-order valence-corrected chi connectivity index (χ2v) is 10.7. The van der Waals surface area contributed by atoms with E-state index in [1.165, 1.54) is 5.56 Å². The Morgan fingerprint density at radius 1 is 0.963 bits per heavy atom. The van der Waals surface area contributed by atoms with Gasteiger partial charge in [-0.2, -0.15) is 0 Å². The van der Waals surface area contributed by atoms with Crippen LogP contribution in [0, 0.1) is 5.41 Å². The molecule has 1 saturated heterocycles. The number of rotatable bonds is 5. The third-order valence-electron chi connectivity index (χ3n) is 4.65. The maximum absolute atomic E-state index is 13.5. The van der Waals surface area contributed by atoms with E-state index in [9.17, 15) is 4.57 Å². The lowest BCUT2D eigenvalue weighted by atomic mass is 9.97. The van der Waals surface area contributed by atoms with Crippen molar-refractivity contribution < 1.29 is 13.6 Å². The lowest BCUT2D eigenvalue weighted by Crippen LogP contribution is -2.31. The monoisotopic (exact) mass is 407 g/mol. The number of anilines is 1. The number of hydrogen-bond acceptors (Lipinski definition) is 4. The van der Waals surface area contributed by atoms with Gasteiger partial charge in [0.2, 0.25) is 0 Å². The van der Waals surface area contributed by atoms with Gasteiger partial charge in [-0.1, -0.05) is 63.6 Å². The van der Waals surface area contributed by atoms with Crippen molar-refractivity contribution in [2.75, 3.05) is 18.5 Å². The molecule has 1 aliphatic rings. The van der Waals surface area contributed by atoms with Crippen molar-refractivity contribution in [3.8, 4) is 0 Å². The molecule has 0 unspecified atom stereocenters. The van der Waals surface area contributed by atoms with Crippen molar-refractivity contribution in [3.05, 3.63) is 64.7 Å². The van der Waals surface area contributed by atoms with Crippen LogP contribution in [-0.4, -0.2) is 13.2 Å². The van der Waals surface area contributed by atoms with E-state index in [0.717, 1.165) is 11.3 Å². The van der Waals surface area contributed by atoms with Gasteiger partial charge >= 0.3 is 7.60 Å². The summed E-state index contributed by atoms with van der Waals surface area (Å²) in [6.07, 6.45) is 0. The number of hydrogen-bond donors (Lipinski definition) is 1. The summed E-state index contributed by atoms with van der Waals surface area (Å²) in [5.74, 6) is -0.146. The fourth-order valence-electron chi connectivity index (χ4n) is 2.87. The van der Waals surface area contributed by atoms with Gasteiger partial charge in [-0.15, -0.1) is 0 Å². The van der Waals surface area contributed by atoms with Crippen LogP contribution in [0.5, 0.6) is 0 Å². The molecule has 1 atom stereocenters.